The summed E-state index contributed by atoms with van der Waals surface area (Å²) in [6, 6.07) is 19.4. The van der Waals surface area contributed by atoms with Gasteiger partial charge in [0.05, 0.1) is 5.71 Å². The number of thiophene rings is 1. The predicted octanol–water partition coefficient (Wildman–Crippen LogP) is 6.55. The number of para-hydroxylation sites is 1. The zero-order valence-corrected chi connectivity index (χ0v) is 21.2. The average Bonchev–Trinajstić information content (AvgIpc) is 3.42. The van der Waals surface area contributed by atoms with E-state index in [1.807, 2.05) is 61.5 Å². The molecule has 1 aliphatic rings. The summed E-state index contributed by atoms with van der Waals surface area (Å²) >= 11 is 7.93. The molecule has 0 saturated heterocycles. The number of fused-ring (bicyclic) bond motifs is 3. The van der Waals surface area contributed by atoms with Gasteiger partial charge in [-0.1, -0.05) is 48.9 Å². The molecule has 178 valence electrons. The SMILES string of the molecule is CCc1cc2c(s1)-n1c(C)nnc1C(CCCC(=O)Nc1ccccc1)N=C2c1ccc(Cl)cc1. The van der Waals surface area contributed by atoms with E-state index in [0.717, 1.165) is 45.6 Å². The molecule has 3 heterocycles. The Kier molecular flexibility index (Phi) is 6.79. The fraction of sp³-hybridized carbons (Fsp3) is 0.259. The van der Waals surface area contributed by atoms with Crippen molar-refractivity contribution < 1.29 is 4.79 Å². The van der Waals surface area contributed by atoms with Crippen LogP contribution in [0, 0.1) is 6.92 Å². The molecule has 1 unspecified atom stereocenters. The Labute approximate surface area is 213 Å². The van der Waals surface area contributed by atoms with Gasteiger partial charge in [0.25, 0.3) is 0 Å². The molecule has 1 aliphatic heterocycles. The highest BCUT2D eigenvalue weighted by Crippen LogP contribution is 2.38. The van der Waals surface area contributed by atoms with Gasteiger partial charge in [-0.15, -0.1) is 21.5 Å². The lowest BCUT2D eigenvalue weighted by molar-refractivity contribution is -0.116. The summed E-state index contributed by atoms with van der Waals surface area (Å²) in [7, 11) is 0. The zero-order chi connectivity index (χ0) is 24.4. The molecule has 1 amide bonds. The minimum absolute atomic E-state index is 0.00364. The molecule has 0 radical (unpaired) electrons. The van der Waals surface area contributed by atoms with Crippen molar-refractivity contribution in [3.8, 4) is 5.00 Å². The summed E-state index contributed by atoms with van der Waals surface area (Å²) in [6.45, 7) is 4.14. The van der Waals surface area contributed by atoms with Gasteiger partial charge in [-0.2, -0.15) is 0 Å². The van der Waals surface area contributed by atoms with Gasteiger partial charge in [0.2, 0.25) is 5.91 Å². The van der Waals surface area contributed by atoms with Gasteiger partial charge in [0, 0.05) is 33.1 Å². The van der Waals surface area contributed by atoms with E-state index in [9.17, 15) is 4.79 Å². The summed E-state index contributed by atoms with van der Waals surface area (Å²) in [5.74, 6) is 1.65. The van der Waals surface area contributed by atoms with Crippen molar-refractivity contribution in [2.24, 2.45) is 4.99 Å². The second-order valence-electron chi connectivity index (χ2n) is 8.53. The van der Waals surface area contributed by atoms with Crippen molar-refractivity contribution in [3.63, 3.8) is 0 Å². The Bertz CT molecular complexity index is 1370. The summed E-state index contributed by atoms with van der Waals surface area (Å²) in [4.78, 5) is 19.0. The Morgan fingerprint density at radius 1 is 1.11 bits per heavy atom. The van der Waals surface area contributed by atoms with Gasteiger partial charge >= 0.3 is 0 Å². The quantitative estimate of drug-likeness (QED) is 0.310. The number of nitrogens with zero attached hydrogens (tertiary/aromatic N) is 4. The number of aliphatic imine (C=N–C) groups is 1. The first-order valence-electron chi connectivity index (χ1n) is 11.8. The van der Waals surface area contributed by atoms with Crippen LogP contribution in [0.25, 0.3) is 5.00 Å². The molecule has 0 fully saturated rings. The average molecular weight is 504 g/mol. The van der Waals surface area contributed by atoms with Gasteiger partial charge in [0.1, 0.15) is 16.9 Å². The number of benzene rings is 2. The van der Waals surface area contributed by atoms with Crippen LogP contribution in [0.3, 0.4) is 0 Å². The van der Waals surface area contributed by atoms with E-state index in [2.05, 4.69) is 33.1 Å². The van der Waals surface area contributed by atoms with Gasteiger partial charge in [0.15, 0.2) is 5.82 Å². The number of halogens is 1. The van der Waals surface area contributed by atoms with E-state index < -0.39 is 0 Å². The molecule has 35 heavy (non-hydrogen) atoms. The molecule has 4 aromatic rings. The molecule has 0 aliphatic carbocycles. The number of carbonyl (C=O) groups excluding carboxylic acids is 1. The number of carbonyl (C=O) groups is 1. The van der Waals surface area contributed by atoms with Gasteiger partial charge in [-0.3, -0.25) is 14.4 Å². The van der Waals surface area contributed by atoms with E-state index in [0.29, 0.717) is 24.3 Å². The predicted molar refractivity (Wildman–Crippen MR) is 142 cm³/mol. The van der Waals surface area contributed by atoms with Gasteiger partial charge in [-0.25, -0.2) is 0 Å². The van der Waals surface area contributed by atoms with Crippen molar-refractivity contribution in [2.75, 3.05) is 5.32 Å². The Morgan fingerprint density at radius 2 is 1.89 bits per heavy atom. The molecular formula is C27H26ClN5OS. The molecule has 2 aromatic heterocycles. The standard InChI is InChI=1S/C27H26ClN5OS/c1-3-21-16-22-25(18-12-14-19(28)15-13-18)30-23(26-32-31-17(2)33(26)27(22)35-21)10-7-11-24(34)29-20-8-5-4-6-9-20/h4-6,8-9,12-16,23H,3,7,10-11H2,1-2H3,(H,29,34). The lowest BCUT2D eigenvalue weighted by Gasteiger charge is -2.13. The fourth-order valence-electron chi connectivity index (χ4n) is 4.30. The fourth-order valence-corrected chi connectivity index (χ4v) is 5.58. The van der Waals surface area contributed by atoms with Crippen molar-refractivity contribution in [3.05, 3.63) is 93.3 Å². The first-order chi connectivity index (χ1) is 17.0. The van der Waals surface area contributed by atoms with Crippen LogP contribution in [0.1, 0.15) is 59.9 Å². The molecule has 0 bridgehead atoms. The third kappa shape index (κ3) is 4.92. The molecule has 1 atom stereocenters. The number of amides is 1. The molecule has 2 aromatic carbocycles. The highest BCUT2D eigenvalue weighted by Gasteiger charge is 2.29. The minimum Gasteiger partial charge on any atom is -0.326 e. The minimum atomic E-state index is -0.212. The van der Waals surface area contributed by atoms with Crippen LogP contribution in [0.2, 0.25) is 5.02 Å². The van der Waals surface area contributed by atoms with Crippen molar-refractivity contribution in [1.29, 1.82) is 0 Å². The van der Waals surface area contributed by atoms with E-state index in [1.54, 1.807) is 11.3 Å². The number of anilines is 1. The lowest BCUT2D eigenvalue weighted by atomic mass is 10.0. The van der Waals surface area contributed by atoms with Crippen molar-refractivity contribution in [2.45, 2.75) is 45.6 Å². The first kappa shape index (κ1) is 23.5. The number of aryl methyl sites for hydroxylation is 2. The van der Waals surface area contributed by atoms with E-state index in [1.165, 1.54) is 4.88 Å². The van der Waals surface area contributed by atoms with Crippen molar-refractivity contribution in [1.82, 2.24) is 14.8 Å². The Hall–Kier alpha value is -3.29. The third-order valence-electron chi connectivity index (χ3n) is 6.06. The number of nitrogens with one attached hydrogen (secondary N) is 1. The highest BCUT2D eigenvalue weighted by atomic mass is 35.5. The van der Waals surface area contributed by atoms with E-state index in [4.69, 9.17) is 16.6 Å². The van der Waals surface area contributed by atoms with Crippen molar-refractivity contribution >= 4 is 40.2 Å². The normalized spacial score (nSPS) is 14.6. The monoisotopic (exact) mass is 503 g/mol. The maximum Gasteiger partial charge on any atom is 0.224 e. The summed E-state index contributed by atoms with van der Waals surface area (Å²) in [5, 5.41) is 13.7. The second-order valence-corrected chi connectivity index (χ2v) is 10.1. The number of hydrogen-bond donors (Lipinski definition) is 1. The number of rotatable bonds is 7. The maximum absolute atomic E-state index is 12.5. The van der Waals surface area contributed by atoms with Gasteiger partial charge in [-0.05, 0) is 56.5 Å². The molecule has 6 nitrogen and oxygen atoms in total. The number of aromatic nitrogens is 3. The lowest BCUT2D eigenvalue weighted by Crippen LogP contribution is -2.12. The van der Waals surface area contributed by atoms with Crippen LogP contribution < -0.4 is 5.32 Å². The van der Waals surface area contributed by atoms with Crippen LogP contribution in [0.15, 0.2) is 65.7 Å². The second kappa shape index (κ2) is 10.1. The highest BCUT2D eigenvalue weighted by molar-refractivity contribution is 7.15. The Balaban J connectivity index is 1.46. The van der Waals surface area contributed by atoms with Gasteiger partial charge < -0.3 is 5.32 Å². The van der Waals surface area contributed by atoms with Crippen LogP contribution in [-0.4, -0.2) is 26.4 Å². The molecule has 8 heteroatoms. The summed E-state index contributed by atoms with van der Waals surface area (Å²) in [6.07, 6.45) is 2.72. The van der Waals surface area contributed by atoms with Crippen LogP contribution in [-0.2, 0) is 11.2 Å². The smallest absolute Gasteiger partial charge is 0.224 e. The molecule has 5 rings (SSSR count). The molecule has 0 saturated carbocycles. The topological polar surface area (TPSA) is 72.2 Å². The Morgan fingerprint density at radius 3 is 2.63 bits per heavy atom. The maximum atomic E-state index is 12.5. The van der Waals surface area contributed by atoms with Crippen LogP contribution >= 0.6 is 22.9 Å². The zero-order valence-electron chi connectivity index (χ0n) is 19.7. The summed E-state index contributed by atoms with van der Waals surface area (Å²) in [5.41, 5.74) is 3.83. The van der Waals surface area contributed by atoms with Crippen LogP contribution in [0.4, 0.5) is 5.69 Å². The first-order valence-corrected chi connectivity index (χ1v) is 13.0. The molecular weight excluding hydrogens is 478 g/mol. The van der Waals surface area contributed by atoms with E-state index in [-0.39, 0.29) is 11.9 Å². The van der Waals surface area contributed by atoms with E-state index >= 15 is 0 Å². The summed E-state index contributed by atoms with van der Waals surface area (Å²) < 4.78 is 2.14. The number of hydrogen-bond acceptors (Lipinski definition) is 5. The molecule has 0 spiro atoms. The largest absolute Gasteiger partial charge is 0.326 e. The molecule has 1 N–H and O–H groups in total. The third-order valence-corrected chi connectivity index (χ3v) is 7.58. The van der Waals surface area contributed by atoms with Crippen LogP contribution in [0.5, 0.6) is 0 Å².